The van der Waals surface area contributed by atoms with Gasteiger partial charge in [0, 0.05) is 39.3 Å². The lowest BCUT2D eigenvalue weighted by Gasteiger charge is -2.01. The molecular weight excluding hydrogens is 422 g/mol. The van der Waals surface area contributed by atoms with E-state index in [0.717, 1.165) is 29.8 Å². The Kier molecular flexibility index (Phi) is 8.28. The van der Waals surface area contributed by atoms with E-state index >= 15 is 0 Å². The summed E-state index contributed by atoms with van der Waals surface area (Å²) in [4.78, 5) is 17.2. The van der Waals surface area contributed by atoms with Crippen LogP contribution in [0.4, 0.5) is 5.82 Å². The van der Waals surface area contributed by atoms with Gasteiger partial charge in [-0.1, -0.05) is 31.7 Å². The second-order valence-corrected chi connectivity index (χ2v) is 7.98. The maximum atomic E-state index is 11.5. The van der Waals surface area contributed by atoms with Gasteiger partial charge in [0.25, 0.3) is 0 Å². The van der Waals surface area contributed by atoms with Crippen molar-refractivity contribution in [2.75, 3.05) is 18.9 Å². The number of hydrogen-bond acceptors (Lipinski definition) is 4. The molecule has 0 saturated heterocycles. The summed E-state index contributed by atoms with van der Waals surface area (Å²) in [7, 11) is 1.78. The lowest BCUT2D eigenvalue weighted by Crippen LogP contribution is -2.13. The summed E-state index contributed by atoms with van der Waals surface area (Å²) in [5.41, 5.74) is 2.24. The maximum absolute atomic E-state index is 11.5. The minimum Gasteiger partial charge on any atom is -0.375 e. The van der Waals surface area contributed by atoms with E-state index in [2.05, 4.69) is 52.0 Å². The molecule has 0 spiro atoms. The molecule has 3 rings (SSSR count). The number of halogens is 1. The fraction of sp³-hybridized carbons (Fsp3) is 0.286. The van der Waals surface area contributed by atoms with Gasteiger partial charge in [0.05, 0.1) is 5.52 Å². The smallest absolute Gasteiger partial charge is 0.191 e. The summed E-state index contributed by atoms with van der Waals surface area (Å²) in [5.74, 6) is 0.740. The number of aromatic amines is 1. The van der Waals surface area contributed by atoms with Crippen LogP contribution in [0.15, 0.2) is 46.2 Å². The number of hydrogen-bond donors (Lipinski definition) is 3. The summed E-state index contributed by atoms with van der Waals surface area (Å²) in [6, 6.07) is 9.02. The molecule has 3 N–H and O–H groups in total. The number of nitrogens with one attached hydrogen (secondary N) is 3. The number of rotatable bonds is 6. The zero-order chi connectivity index (χ0) is 19.8. The fourth-order valence-corrected chi connectivity index (χ4v) is 4.37. The van der Waals surface area contributed by atoms with Crippen molar-refractivity contribution in [2.24, 2.45) is 0 Å². The number of aromatic nitrogens is 1. The van der Waals surface area contributed by atoms with Crippen molar-refractivity contribution < 1.29 is 0 Å². The SMILES string of the molecule is C=Cc1sc(CNCCC)c(C)c1Br.CNc1cc(=O)c2ccccc2[nH]1. The lowest BCUT2D eigenvalue weighted by molar-refractivity contribution is 0.680. The van der Waals surface area contributed by atoms with Gasteiger partial charge in [-0.2, -0.15) is 0 Å². The highest BCUT2D eigenvalue weighted by molar-refractivity contribution is 9.10. The molecule has 6 heteroatoms. The van der Waals surface area contributed by atoms with Gasteiger partial charge in [0.15, 0.2) is 5.43 Å². The van der Waals surface area contributed by atoms with Crippen LogP contribution >= 0.6 is 27.3 Å². The van der Waals surface area contributed by atoms with Gasteiger partial charge >= 0.3 is 0 Å². The van der Waals surface area contributed by atoms with Gasteiger partial charge in [0.1, 0.15) is 5.82 Å². The number of thiophene rings is 1. The van der Waals surface area contributed by atoms with Crippen molar-refractivity contribution in [3.05, 3.63) is 66.9 Å². The quantitative estimate of drug-likeness (QED) is 0.435. The number of H-pyrrole nitrogens is 1. The molecule has 0 bridgehead atoms. The highest BCUT2D eigenvalue weighted by Crippen LogP contribution is 2.33. The van der Waals surface area contributed by atoms with E-state index in [-0.39, 0.29) is 5.43 Å². The molecule has 1 aromatic carbocycles. The third kappa shape index (κ3) is 5.54. The van der Waals surface area contributed by atoms with Crippen molar-refractivity contribution >= 4 is 50.1 Å². The molecule has 0 fully saturated rings. The molecule has 0 aliphatic carbocycles. The summed E-state index contributed by atoms with van der Waals surface area (Å²) < 4.78 is 1.20. The van der Waals surface area contributed by atoms with E-state index < -0.39 is 0 Å². The van der Waals surface area contributed by atoms with Crippen LogP contribution in [0.2, 0.25) is 0 Å². The lowest BCUT2D eigenvalue weighted by atomic mass is 10.2. The highest BCUT2D eigenvalue weighted by atomic mass is 79.9. The Morgan fingerprint density at radius 1 is 1.33 bits per heavy atom. The molecule has 0 aliphatic rings. The van der Waals surface area contributed by atoms with Gasteiger partial charge in [-0.15, -0.1) is 11.3 Å². The predicted octanol–water partition coefficient (Wildman–Crippen LogP) is 5.53. The minimum atomic E-state index is 0.0405. The maximum Gasteiger partial charge on any atom is 0.191 e. The van der Waals surface area contributed by atoms with Crippen molar-refractivity contribution in [1.29, 1.82) is 0 Å². The average Bonchev–Trinajstić information content (AvgIpc) is 2.96. The summed E-state index contributed by atoms with van der Waals surface area (Å²) in [6.45, 7) is 10.2. The number of benzene rings is 1. The molecule has 0 amide bonds. The minimum absolute atomic E-state index is 0.0405. The molecule has 4 nitrogen and oxygen atoms in total. The van der Waals surface area contributed by atoms with E-state index in [4.69, 9.17) is 0 Å². The zero-order valence-electron chi connectivity index (χ0n) is 16.0. The van der Waals surface area contributed by atoms with E-state index in [1.165, 1.54) is 26.2 Å². The molecule has 2 heterocycles. The summed E-state index contributed by atoms with van der Waals surface area (Å²) in [5, 5.41) is 7.04. The normalized spacial score (nSPS) is 10.4. The first kappa shape index (κ1) is 21.4. The van der Waals surface area contributed by atoms with Crippen LogP contribution < -0.4 is 16.1 Å². The van der Waals surface area contributed by atoms with Crippen LogP contribution in [0.5, 0.6) is 0 Å². The fourth-order valence-electron chi connectivity index (χ4n) is 2.57. The summed E-state index contributed by atoms with van der Waals surface area (Å²) in [6.07, 6.45) is 3.09. The molecule has 0 atom stereocenters. The molecule has 144 valence electrons. The Morgan fingerprint density at radius 3 is 2.70 bits per heavy atom. The standard InChI is InChI=1S/C11H16BrNS.C10H10N2O/c1-4-6-13-7-10-8(3)11(12)9(5-2)14-10;1-11-10-6-9(13)7-4-2-3-5-8(7)12-10/h5,13H,2,4,6-7H2,1,3H3;2-6H,1H3,(H2,11,12,13). The molecule has 0 radical (unpaired) electrons. The first-order valence-electron chi connectivity index (χ1n) is 8.92. The van der Waals surface area contributed by atoms with Crippen molar-refractivity contribution in [3.63, 3.8) is 0 Å². The number of anilines is 1. The average molecular weight is 448 g/mol. The van der Waals surface area contributed by atoms with Crippen molar-refractivity contribution in [2.45, 2.75) is 26.8 Å². The van der Waals surface area contributed by atoms with E-state index in [1.807, 2.05) is 41.7 Å². The highest BCUT2D eigenvalue weighted by Gasteiger charge is 2.09. The molecule has 27 heavy (non-hydrogen) atoms. The molecule has 3 aromatic rings. The van der Waals surface area contributed by atoms with E-state index in [1.54, 1.807) is 13.1 Å². The number of fused-ring (bicyclic) bond motifs is 1. The second-order valence-electron chi connectivity index (χ2n) is 6.05. The molecule has 0 unspecified atom stereocenters. The molecule has 0 aliphatic heterocycles. The second kappa shape index (κ2) is 10.4. The van der Waals surface area contributed by atoms with Crippen LogP contribution in [0.3, 0.4) is 0 Å². The van der Waals surface area contributed by atoms with Crippen LogP contribution in [-0.2, 0) is 6.54 Å². The van der Waals surface area contributed by atoms with Crippen LogP contribution in [-0.4, -0.2) is 18.6 Å². The van der Waals surface area contributed by atoms with Crippen LogP contribution in [0, 0.1) is 6.92 Å². The molecule has 0 saturated carbocycles. The van der Waals surface area contributed by atoms with Gasteiger partial charge in [-0.3, -0.25) is 4.79 Å². The third-order valence-corrected chi connectivity index (χ3v) is 6.67. The predicted molar refractivity (Wildman–Crippen MR) is 123 cm³/mol. The Hall–Kier alpha value is -1.89. The zero-order valence-corrected chi connectivity index (χ0v) is 18.4. The van der Waals surface area contributed by atoms with Gasteiger partial charge in [0.2, 0.25) is 0 Å². The number of para-hydroxylation sites is 1. The largest absolute Gasteiger partial charge is 0.375 e. The van der Waals surface area contributed by atoms with Crippen LogP contribution in [0.1, 0.15) is 28.7 Å². The van der Waals surface area contributed by atoms with Gasteiger partial charge < -0.3 is 15.6 Å². The Labute approximate surface area is 172 Å². The van der Waals surface area contributed by atoms with E-state index in [0.29, 0.717) is 0 Å². The Morgan fingerprint density at radius 2 is 2.07 bits per heavy atom. The molecular formula is C21H26BrN3OS. The Balaban J connectivity index is 0.000000194. The van der Waals surface area contributed by atoms with Gasteiger partial charge in [-0.05, 0) is 53.5 Å². The molecule has 2 aromatic heterocycles. The van der Waals surface area contributed by atoms with Crippen LogP contribution in [0.25, 0.3) is 17.0 Å². The third-order valence-electron chi connectivity index (χ3n) is 4.10. The first-order valence-corrected chi connectivity index (χ1v) is 10.5. The van der Waals surface area contributed by atoms with Gasteiger partial charge in [-0.25, -0.2) is 0 Å². The number of pyridine rings is 1. The topological polar surface area (TPSA) is 56.9 Å². The Bertz CT molecular complexity index is 962. The van der Waals surface area contributed by atoms with Crippen molar-refractivity contribution in [3.8, 4) is 0 Å². The van der Waals surface area contributed by atoms with Crippen molar-refractivity contribution in [1.82, 2.24) is 10.3 Å². The summed E-state index contributed by atoms with van der Waals surface area (Å²) >= 11 is 5.39. The monoisotopic (exact) mass is 447 g/mol. The first-order chi connectivity index (χ1) is 13.0. The van der Waals surface area contributed by atoms with E-state index in [9.17, 15) is 4.79 Å².